The van der Waals surface area contributed by atoms with E-state index in [2.05, 4.69) is 5.32 Å². The van der Waals surface area contributed by atoms with Gasteiger partial charge in [-0.2, -0.15) is 0 Å². The molecule has 0 heterocycles. The fourth-order valence-corrected chi connectivity index (χ4v) is 1.62. The molecule has 2 N–H and O–H groups in total. The topological polar surface area (TPSA) is 66.4 Å². The summed E-state index contributed by atoms with van der Waals surface area (Å²) in [6, 6.07) is 8.67. The van der Waals surface area contributed by atoms with E-state index in [9.17, 15) is 9.59 Å². The van der Waals surface area contributed by atoms with Crippen LogP contribution >= 0.6 is 0 Å². The summed E-state index contributed by atoms with van der Waals surface area (Å²) in [6.45, 7) is 5.16. The van der Waals surface area contributed by atoms with E-state index in [-0.39, 0.29) is 11.8 Å². The Morgan fingerprint density at radius 2 is 1.67 bits per heavy atom. The molecule has 0 aliphatic rings. The Bertz CT molecular complexity index is 414. The summed E-state index contributed by atoms with van der Waals surface area (Å²) in [6.07, 6.45) is 0. The van der Waals surface area contributed by atoms with Crippen LogP contribution in [0.2, 0.25) is 0 Å². The quantitative estimate of drug-likeness (QED) is 0.840. The maximum absolute atomic E-state index is 11.7. The molecule has 1 aromatic carbocycles. The Morgan fingerprint density at radius 1 is 1.11 bits per heavy atom. The van der Waals surface area contributed by atoms with Crippen molar-refractivity contribution in [1.29, 1.82) is 0 Å². The third-order valence-corrected chi connectivity index (χ3v) is 2.87. The van der Waals surface area contributed by atoms with E-state index in [0.29, 0.717) is 0 Å². The number of carboxylic acids is 1. The van der Waals surface area contributed by atoms with Crippen molar-refractivity contribution < 1.29 is 14.7 Å². The molecule has 0 saturated carbocycles. The normalized spacial score (nSPS) is 14.0. The second-order valence-corrected chi connectivity index (χ2v) is 4.68. The summed E-state index contributed by atoms with van der Waals surface area (Å²) >= 11 is 0. The van der Waals surface area contributed by atoms with E-state index in [1.54, 1.807) is 20.8 Å². The maximum Gasteiger partial charge on any atom is 0.308 e. The van der Waals surface area contributed by atoms with Crippen LogP contribution in [0.25, 0.3) is 0 Å². The lowest BCUT2D eigenvalue weighted by molar-refractivity contribution is -0.142. The van der Waals surface area contributed by atoms with Gasteiger partial charge in [0.25, 0.3) is 0 Å². The Hall–Kier alpha value is -1.84. The fraction of sp³-hybridized carbons (Fsp3) is 0.429. The third kappa shape index (κ3) is 3.58. The largest absolute Gasteiger partial charge is 0.481 e. The lowest BCUT2D eigenvalue weighted by Gasteiger charge is -2.23. The Balaban J connectivity index is 2.96. The third-order valence-electron chi connectivity index (χ3n) is 2.87. The van der Waals surface area contributed by atoms with Gasteiger partial charge in [-0.15, -0.1) is 0 Å². The van der Waals surface area contributed by atoms with Crippen molar-refractivity contribution in [3.05, 3.63) is 35.9 Å². The van der Waals surface area contributed by atoms with Gasteiger partial charge in [-0.1, -0.05) is 44.2 Å². The van der Waals surface area contributed by atoms with Crippen LogP contribution < -0.4 is 5.32 Å². The number of benzene rings is 1. The van der Waals surface area contributed by atoms with Crippen molar-refractivity contribution in [2.45, 2.75) is 26.8 Å². The highest BCUT2D eigenvalue weighted by Gasteiger charge is 2.27. The van der Waals surface area contributed by atoms with Gasteiger partial charge >= 0.3 is 5.97 Å². The first-order valence-electron chi connectivity index (χ1n) is 6.01. The van der Waals surface area contributed by atoms with E-state index in [4.69, 9.17) is 5.11 Å². The first-order valence-corrected chi connectivity index (χ1v) is 6.01. The maximum atomic E-state index is 11.7. The van der Waals surface area contributed by atoms with Crippen LogP contribution in [0.5, 0.6) is 0 Å². The molecular formula is C14H19NO3. The average Bonchev–Trinajstić information content (AvgIpc) is 2.35. The molecule has 0 aromatic heterocycles. The molecule has 0 spiro atoms. The lowest BCUT2D eigenvalue weighted by atomic mass is 9.94. The summed E-state index contributed by atoms with van der Waals surface area (Å²) in [5, 5.41) is 11.9. The highest BCUT2D eigenvalue weighted by atomic mass is 16.4. The molecule has 0 radical (unpaired) electrons. The first-order chi connectivity index (χ1) is 8.43. The van der Waals surface area contributed by atoms with E-state index in [0.717, 1.165) is 5.56 Å². The summed E-state index contributed by atoms with van der Waals surface area (Å²) in [5.41, 5.74) is 0.807. The molecule has 1 rings (SSSR count). The summed E-state index contributed by atoms with van der Waals surface area (Å²) in [7, 11) is 0. The van der Waals surface area contributed by atoms with Crippen molar-refractivity contribution in [2.24, 2.45) is 11.8 Å². The summed E-state index contributed by atoms with van der Waals surface area (Å²) in [4.78, 5) is 22.9. The molecule has 0 bridgehead atoms. The number of amides is 1. The van der Waals surface area contributed by atoms with Gasteiger partial charge in [0.15, 0.2) is 0 Å². The van der Waals surface area contributed by atoms with Crippen LogP contribution in [0.4, 0.5) is 0 Å². The van der Waals surface area contributed by atoms with Gasteiger partial charge in [0, 0.05) is 5.92 Å². The van der Waals surface area contributed by atoms with E-state index in [1.807, 2.05) is 30.3 Å². The number of nitrogens with one attached hydrogen (secondary N) is 1. The van der Waals surface area contributed by atoms with Gasteiger partial charge in [-0.05, 0) is 12.5 Å². The van der Waals surface area contributed by atoms with Crippen molar-refractivity contribution in [2.75, 3.05) is 0 Å². The SMILES string of the molecule is CC(C)C(=O)NC(c1ccccc1)C(C)C(=O)O. The molecule has 4 heteroatoms. The number of carbonyl (C=O) groups is 2. The minimum absolute atomic E-state index is 0.142. The molecule has 4 nitrogen and oxygen atoms in total. The number of aliphatic carboxylic acids is 1. The van der Waals surface area contributed by atoms with Crippen LogP contribution in [-0.2, 0) is 9.59 Å². The molecule has 2 atom stereocenters. The van der Waals surface area contributed by atoms with Crippen LogP contribution in [0, 0.1) is 11.8 Å². The highest BCUT2D eigenvalue weighted by molar-refractivity contribution is 5.79. The minimum Gasteiger partial charge on any atom is -0.481 e. The van der Waals surface area contributed by atoms with Gasteiger partial charge in [-0.25, -0.2) is 0 Å². The Morgan fingerprint density at radius 3 is 2.11 bits per heavy atom. The molecule has 1 aromatic rings. The van der Waals surface area contributed by atoms with Crippen LogP contribution in [0.15, 0.2) is 30.3 Å². The van der Waals surface area contributed by atoms with Crippen molar-refractivity contribution in [3.63, 3.8) is 0 Å². The van der Waals surface area contributed by atoms with Crippen LogP contribution in [-0.4, -0.2) is 17.0 Å². The zero-order chi connectivity index (χ0) is 13.7. The minimum atomic E-state index is -0.923. The van der Waals surface area contributed by atoms with Crippen molar-refractivity contribution in [1.82, 2.24) is 5.32 Å². The number of carboxylic acid groups (broad SMARTS) is 1. The van der Waals surface area contributed by atoms with Crippen molar-refractivity contribution >= 4 is 11.9 Å². The smallest absolute Gasteiger partial charge is 0.308 e. The van der Waals surface area contributed by atoms with Gasteiger partial charge in [-0.3, -0.25) is 9.59 Å². The average molecular weight is 249 g/mol. The fourth-order valence-electron chi connectivity index (χ4n) is 1.62. The van der Waals surface area contributed by atoms with Crippen LogP contribution in [0.1, 0.15) is 32.4 Å². The number of rotatable bonds is 5. The van der Waals surface area contributed by atoms with Gasteiger partial charge < -0.3 is 10.4 Å². The molecule has 0 aliphatic heterocycles. The molecule has 2 unspecified atom stereocenters. The molecular weight excluding hydrogens is 230 g/mol. The molecule has 0 saturated heterocycles. The second kappa shape index (κ2) is 6.19. The van der Waals surface area contributed by atoms with E-state index in [1.165, 1.54) is 0 Å². The predicted octanol–water partition coefficient (Wildman–Crippen LogP) is 2.22. The number of hydrogen-bond donors (Lipinski definition) is 2. The van der Waals surface area contributed by atoms with Crippen LogP contribution in [0.3, 0.4) is 0 Å². The number of carbonyl (C=O) groups excluding carboxylic acids is 1. The summed E-state index contributed by atoms with van der Waals surface area (Å²) < 4.78 is 0. The molecule has 98 valence electrons. The van der Waals surface area contributed by atoms with E-state index >= 15 is 0 Å². The predicted molar refractivity (Wildman–Crippen MR) is 69.0 cm³/mol. The summed E-state index contributed by atoms with van der Waals surface area (Å²) in [5.74, 6) is -1.91. The zero-order valence-corrected chi connectivity index (χ0v) is 10.9. The second-order valence-electron chi connectivity index (χ2n) is 4.68. The zero-order valence-electron chi connectivity index (χ0n) is 10.9. The standard InChI is InChI=1S/C14H19NO3/c1-9(2)13(16)15-12(10(3)14(17)18)11-7-5-4-6-8-11/h4-10,12H,1-3H3,(H,15,16)(H,17,18). The van der Waals surface area contributed by atoms with Crippen molar-refractivity contribution in [3.8, 4) is 0 Å². The van der Waals surface area contributed by atoms with Gasteiger partial charge in [0.1, 0.15) is 0 Å². The van der Waals surface area contributed by atoms with Gasteiger partial charge in [0.2, 0.25) is 5.91 Å². The molecule has 18 heavy (non-hydrogen) atoms. The lowest BCUT2D eigenvalue weighted by Crippen LogP contribution is -2.37. The Labute approximate surface area is 107 Å². The Kier molecular flexibility index (Phi) is 4.89. The van der Waals surface area contributed by atoms with E-state index < -0.39 is 17.9 Å². The number of hydrogen-bond acceptors (Lipinski definition) is 2. The highest BCUT2D eigenvalue weighted by Crippen LogP contribution is 2.22. The molecule has 1 amide bonds. The van der Waals surface area contributed by atoms with Gasteiger partial charge in [0.05, 0.1) is 12.0 Å². The monoisotopic (exact) mass is 249 g/mol. The first kappa shape index (κ1) is 14.2. The molecule has 0 fully saturated rings. The molecule has 0 aliphatic carbocycles.